The number of furan rings is 2. The summed E-state index contributed by atoms with van der Waals surface area (Å²) in [5.74, 6) is -0.992. The van der Waals surface area contributed by atoms with Crippen LogP contribution in [0.15, 0.2) is 51.7 Å². The zero-order valence-electron chi connectivity index (χ0n) is 10.2. The van der Waals surface area contributed by atoms with Crippen LogP contribution >= 0.6 is 0 Å². The van der Waals surface area contributed by atoms with Gasteiger partial charge in [0.1, 0.15) is 5.92 Å². The Labute approximate surface area is 112 Å². The van der Waals surface area contributed by atoms with E-state index >= 15 is 0 Å². The van der Waals surface area contributed by atoms with Crippen molar-refractivity contribution in [3.63, 3.8) is 0 Å². The highest BCUT2D eigenvalue weighted by Crippen LogP contribution is 2.27. The van der Waals surface area contributed by atoms with Gasteiger partial charge >= 0.3 is 0 Å². The average molecular weight is 278 g/mol. The zero-order chi connectivity index (χ0) is 14.5. The number of hydrogen-bond acceptors (Lipinski definition) is 6. The topological polar surface area (TPSA) is 113 Å². The molecule has 0 aliphatic carbocycles. The molecule has 1 atom stereocenters. The van der Waals surface area contributed by atoms with E-state index in [0.29, 0.717) is 11.1 Å². The molecule has 0 fully saturated rings. The molecule has 0 radical (unpaired) electrons. The predicted molar refractivity (Wildman–Crippen MR) is 67.0 cm³/mol. The smallest absolute Gasteiger partial charge is 0.261 e. The first kappa shape index (κ1) is 13.5. The van der Waals surface area contributed by atoms with E-state index in [0.717, 1.165) is 0 Å². The second-order valence-electron chi connectivity index (χ2n) is 4.01. The molecule has 0 aromatic carbocycles. The molecule has 0 aliphatic heterocycles. The standard InChI is InChI=1S/C12H10N2O6/c15-13(16)6-11(10-2-4-20-8-10)12(14(17)18)5-9-1-3-19-7-9/h1-5,7-8,11H,6H2/b12-5+. The lowest BCUT2D eigenvalue weighted by atomic mass is 9.97. The predicted octanol–water partition coefficient (Wildman–Crippen LogP) is 2.55. The van der Waals surface area contributed by atoms with E-state index in [4.69, 9.17) is 8.83 Å². The Hall–Kier alpha value is -2.90. The minimum atomic E-state index is -0.992. The highest BCUT2D eigenvalue weighted by Gasteiger charge is 2.32. The SMILES string of the molecule is O=[N+]([O-])CC(/C(=C\c1ccoc1)[N+](=O)[O-])c1ccoc1. The van der Waals surface area contributed by atoms with Crippen molar-refractivity contribution in [2.75, 3.05) is 6.54 Å². The third kappa shape index (κ3) is 3.10. The number of nitrogens with zero attached hydrogens (tertiary/aromatic N) is 2. The molecule has 2 rings (SSSR count). The Morgan fingerprint density at radius 1 is 1.20 bits per heavy atom. The van der Waals surface area contributed by atoms with E-state index in [2.05, 4.69) is 0 Å². The van der Waals surface area contributed by atoms with Gasteiger partial charge in [-0.3, -0.25) is 20.2 Å². The minimum absolute atomic E-state index is 0.287. The Morgan fingerprint density at radius 3 is 2.40 bits per heavy atom. The maximum Gasteiger partial charge on any atom is 0.261 e. The Bertz CT molecular complexity index is 614. The van der Waals surface area contributed by atoms with Crippen LogP contribution in [0.1, 0.15) is 17.0 Å². The van der Waals surface area contributed by atoms with Crippen molar-refractivity contribution in [2.24, 2.45) is 0 Å². The molecule has 0 amide bonds. The summed E-state index contributed by atoms with van der Waals surface area (Å²) in [4.78, 5) is 20.7. The van der Waals surface area contributed by atoms with Crippen molar-refractivity contribution < 1.29 is 18.7 Å². The largest absolute Gasteiger partial charge is 0.472 e. The van der Waals surface area contributed by atoms with E-state index in [-0.39, 0.29) is 5.70 Å². The molecule has 1 unspecified atom stereocenters. The first-order chi connectivity index (χ1) is 9.58. The van der Waals surface area contributed by atoms with E-state index in [1.54, 1.807) is 0 Å². The van der Waals surface area contributed by atoms with Gasteiger partial charge in [-0.1, -0.05) is 0 Å². The Balaban J connectivity index is 2.42. The number of rotatable bonds is 6. The maximum absolute atomic E-state index is 11.2. The number of nitro groups is 2. The fraction of sp³-hybridized carbons (Fsp3) is 0.167. The van der Waals surface area contributed by atoms with Gasteiger partial charge in [0.25, 0.3) is 5.70 Å². The van der Waals surface area contributed by atoms with Crippen LogP contribution in [0.2, 0.25) is 0 Å². The monoisotopic (exact) mass is 278 g/mol. The van der Waals surface area contributed by atoms with Gasteiger partial charge in [-0.05, 0) is 12.1 Å². The van der Waals surface area contributed by atoms with Crippen LogP contribution in [0.4, 0.5) is 0 Å². The second kappa shape index (κ2) is 5.83. The molecule has 0 saturated heterocycles. The van der Waals surface area contributed by atoms with Crippen LogP contribution in [-0.2, 0) is 0 Å². The highest BCUT2D eigenvalue weighted by atomic mass is 16.6. The third-order valence-electron chi connectivity index (χ3n) is 2.70. The van der Waals surface area contributed by atoms with Gasteiger partial charge in [-0.25, -0.2) is 0 Å². The zero-order valence-corrected chi connectivity index (χ0v) is 10.2. The lowest BCUT2D eigenvalue weighted by molar-refractivity contribution is -0.494. The molecule has 20 heavy (non-hydrogen) atoms. The van der Waals surface area contributed by atoms with Gasteiger partial charge in [-0.15, -0.1) is 0 Å². The summed E-state index contributed by atoms with van der Waals surface area (Å²) < 4.78 is 9.68. The van der Waals surface area contributed by atoms with Gasteiger partial charge < -0.3 is 8.83 Å². The quantitative estimate of drug-likeness (QED) is 0.592. The Morgan fingerprint density at radius 2 is 1.90 bits per heavy atom. The molecular weight excluding hydrogens is 268 g/mol. The molecule has 0 spiro atoms. The van der Waals surface area contributed by atoms with Crippen molar-refractivity contribution in [1.82, 2.24) is 0 Å². The lowest BCUT2D eigenvalue weighted by Crippen LogP contribution is -2.18. The van der Waals surface area contributed by atoms with Crippen LogP contribution in [0.25, 0.3) is 6.08 Å². The normalized spacial score (nSPS) is 13.1. The average Bonchev–Trinajstić information content (AvgIpc) is 3.05. The summed E-state index contributed by atoms with van der Waals surface area (Å²) in [5, 5.41) is 21.9. The maximum atomic E-state index is 11.2. The summed E-state index contributed by atoms with van der Waals surface area (Å²) in [7, 11) is 0. The second-order valence-corrected chi connectivity index (χ2v) is 4.01. The highest BCUT2D eigenvalue weighted by molar-refractivity contribution is 5.51. The van der Waals surface area contributed by atoms with Gasteiger partial charge in [0.15, 0.2) is 0 Å². The summed E-state index contributed by atoms with van der Waals surface area (Å²) in [5.41, 5.74) is 0.561. The van der Waals surface area contributed by atoms with E-state index < -0.39 is 22.3 Å². The Kier molecular flexibility index (Phi) is 3.94. The van der Waals surface area contributed by atoms with E-state index in [1.165, 1.54) is 43.3 Å². The van der Waals surface area contributed by atoms with Crippen LogP contribution in [0, 0.1) is 20.2 Å². The fourth-order valence-corrected chi connectivity index (χ4v) is 1.80. The van der Waals surface area contributed by atoms with Crippen molar-refractivity contribution in [3.05, 3.63) is 74.2 Å². The molecule has 0 bridgehead atoms. The summed E-state index contributed by atoms with van der Waals surface area (Å²) in [6, 6.07) is 3.00. The van der Waals surface area contributed by atoms with Crippen molar-refractivity contribution in [1.29, 1.82) is 0 Å². The molecule has 8 heteroatoms. The van der Waals surface area contributed by atoms with Crippen LogP contribution in [0.5, 0.6) is 0 Å². The first-order valence-electron chi connectivity index (χ1n) is 5.60. The van der Waals surface area contributed by atoms with Crippen molar-refractivity contribution in [3.8, 4) is 0 Å². The number of hydrogen-bond donors (Lipinski definition) is 0. The molecule has 104 valence electrons. The third-order valence-corrected chi connectivity index (χ3v) is 2.70. The van der Waals surface area contributed by atoms with Crippen molar-refractivity contribution >= 4 is 6.08 Å². The van der Waals surface area contributed by atoms with Crippen LogP contribution < -0.4 is 0 Å². The molecule has 0 saturated carbocycles. The molecule has 0 aliphatic rings. The molecule has 8 nitrogen and oxygen atoms in total. The molecule has 2 heterocycles. The minimum Gasteiger partial charge on any atom is -0.472 e. The molecule has 0 N–H and O–H groups in total. The fourth-order valence-electron chi connectivity index (χ4n) is 1.80. The summed E-state index contributed by atoms with van der Waals surface area (Å²) in [6.07, 6.45) is 6.52. The van der Waals surface area contributed by atoms with Gasteiger partial charge in [0, 0.05) is 22.1 Å². The molecule has 2 aromatic rings. The van der Waals surface area contributed by atoms with Crippen molar-refractivity contribution in [2.45, 2.75) is 5.92 Å². The van der Waals surface area contributed by atoms with Crippen LogP contribution in [0.3, 0.4) is 0 Å². The lowest BCUT2D eigenvalue weighted by Gasteiger charge is -2.08. The van der Waals surface area contributed by atoms with Gasteiger partial charge in [0.2, 0.25) is 6.54 Å². The first-order valence-corrected chi connectivity index (χ1v) is 5.60. The summed E-state index contributed by atoms with van der Waals surface area (Å²) in [6.45, 7) is -0.593. The molecule has 2 aromatic heterocycles. The summed E-state index contributed by atoms with van der Waals surface area (Å²) >= 11 is 0. The van der Waals surface area contributed by atoms with Crippen LogP contribution in [-0.4, -0.2) is 16.4 Å². The van der Waals surface area contributed by atoms with E-state index in [1.807, 2.05) is 0 Å². The molecular formula is C12H10N2O6. The van der Waals surface area contributed by atoms with Gasteiger partial charge in [-0.2, -0.15) is 0 Å². The van der Waals surface area contributed by atoms with E-state index in [9.17, 15) is 20.2 Å². The van der Waals surface area contributed by atoms with Gasteiger partial charge in [0.05, 0.1) is 30.0 Å².